The molecule has 0 aliphatic carbocycles. The smallest absolute Gasteiger partial charge is 0.0622 e. The first kappa shape index (κ1) is 13.7. The largest absolute Gasteiger partial charge is 0.0629 e. The van der Waals surface area contributed by atoms with Crippen molar-refractivity contribution in [3.63, 3.8) is 0 Å². The summed E-state index contributed by atoms with van der Waals surface area (Å²) < 4.78 is 105. The molecule has 0 N–H and O–H groups in total. The van der Waals surface area contributed by atoms with E-state index in [-0.39, 0.29) is 44.3 Å². The zero-order chi connectivity index (χ0) is 36.9. The second-order valence-electron chi connectivity index (χ2n) is 9.60. The van der Waals surface area contributed by atoms with E-state index >= 15 is 0 Å². The molecule has 0 heterocycles. The molecule has 0 saturated carbocycles. The highest BCUT2D eigenvalue weighted by molar-refractivity contribution is 6.24. The Morgan fingerprint density at radius 3 is 1.77 bits per heavy atom. The van der Waals surface area contributed by atoms with E-state index in [9.17, 15) is 4.11 Å². The Hall–Kier alpha value is -5.20. The van der Waals surface area contributed by atoms with E-state index in [0.29, 0.717) is 10.9 Å². The van der Waals surface area contributed by atoms with Crippen molar-refractivity contribution < 1.29 is 16.4 Å². The van der Waals surface area contributed by atoms with Crippen LogP contribution in [0.25, 0.3) is 76.5 Å². The van der Waals surface area contributed by atoms with Gasteiger partial charge in [-0.05, 0) is 82.5 Å². The first-order valence-corrected chi connectivity index (χ1v) is 12.9. The Bertz CT molecular complexity index is 2850. The predicted octanol–water partition coefficient (Wildman–Crippen LogP) is 11.3. The second kappa shape index (κ2) is 9.22. The van der Waals surface area contributed by atoms with Crippen LogP contribution in [0.5, 0.6) is 0 Å². The second-order valence-corrected chi connectivity index (χ2v) is 9.60. The van der Waals surface area contributed by atoms with Gasteiger partial charge in [-0.15, -0.1) is 0 Å². The predicted molar refractivity (Wildman–Crippen MR) is 173 cm³/mol. The van der Waals surface area contributed by atoms with Gasteiger partial charge in [0.05, 0.1) is 16.4 Å². The number of fused-ring (bicyclic) bond motifs is 4. The van der Waals surface area contributed by atoms with Crippen molar-refractivity contribution in [3.05, 3.63) is 157 Å². The molecule has 0 radical (unpaired) electrons. The van der Waals surface area contributed by atoms with E-state index in [4.69, 9.17) is 12.3 Å². The molecule has 0 aromatic heterocycles. The third kappa shape index (κ3) is 3.54. The molecular formula is C40H26. The molecular weight excluding hydrogens is 480 g/mol. The van der Waals surface area contributed by atoms with Crippen molar-refractivity contribution in [3.8, 4) is 33.4 Å². The van der Waals surface area contributed by atoms with Gasteiger partial charge >= 0.3 is 0 Å². The molecule has 0 nitrogen and oxygen atoms in total. The zero-order valence-corrected chi connectivity index (χ0v) is 21.1. The van der Waals surface area contributed by atoms with E-state index in [1.165, 1.54) is 6.07 Å². The van der Waals surface area contributed by atoms with Crippen LogP contribution in [0, 0.1) is 0 Å². The first-order chi connectivity index (χ1) is 24.8. The summed E-state index contributed by atoms with van der Waals surface area (Å²) in [6.45, 7) is 0. The van der Waals surface area contributed by atoms with Gasteiger partial charge in [-0.25, -0.2) is 0 Å². The van der Waals surface area contributed by atoms with Crippen molar-refractivity contribution >= 4 is 43.1 Å². The molecule has 0 fully saturated rings. The average molecular weight is 519 g/mol. The molecule has 8 rings (SSSR count). The van der Waals surface area contributed by atoms with Crippen LogP contribution >= 0.6 is 0 Å². The van der Waals surface area contributed by atoms with Crippen LogP contribution in [0.3, 0.4) is 0 Å². The van der Waals surface area contributed by atoms with Crippen LogP contribution in [0.2, 0.25) is 0 Å². The maximum Gasteiger partial charge on any atom is 0.0629 e. The van der Waals surface area contributed by atoms with Crippen molar-refractivity contribution in [1.82, 2.24) is 0 Å². The quantitative estimate of drug-likeness (QED) is 0.204. The summed E-state index contributed by atoms with van der Waals surface area (Å²) >= 11 is 0. The minimum Gasteiger partial charge on any atom is -0.0622 e. The summed E-state index contributed by atoms with van der Waals surface area (Å²) in [4.78, 5) is 0. The number of rotatable bonds is 3. The molecule has 0 atom stereocenters. The van der Waals surface area contributed by atoms with E-state index in [0.717, 1.165) is 27.3 Å². The van der Waals surface area contributed by atoms with Crippen LogP contribution in [0.4, 0.5) is 0 Å². The molecule has 8 aromatic rings. The Labute approximate surface area is 250 Å². The Balaban J connectivity index is 1.61. The minimum atomic E-state index is -0.660. The molecule has 40 heavy (non-hydrogen) atoms. The van der Waals surface area contributed by atoms with E-state index in [1.807, 2.05) is 66.7 Å². The molecule has 0 saturated heterocycles. The molecule has 8 aromatic carbocycles. The van der Waals surface area contributed by atoms with E-state index < -0.39 is 66.5 Å². The lowest BCUT2D eigenvalue weighted by atomic mass is 9.84. The lowest BCUT2D eigenvalue weighted by molar-refractivity contribution is 1.65. The number of benzene rings is 8. The summed E-state index contributed by atoms with van der Waals surface area (Å²) in [5.41, 5.74) is 2.12. The minimum absolute atomic E-state index is 0.000417. The van der Waals surface area contributed by atoms with Gasteiger partial charge in [0.2, 0.25) is 0 Å². The van der Waals surface area contributed by atoms with Crippen molar-refractivity contribution in [2.75, 3.05) is 0 Å². The van der Waals surface area contributed by atoms with Gasteiger partial charge in [-0.1, -0.05) is 151 Å². The van der Waals surface area contributed by atoms with Gasteiger partial charge in [0.25, 0.3) is 0 Å². The van der Waals surface area contributed by atoms with Gasteiger partial charge in [-0.3, -0.25) is 0 Å². The fourth-order valence-electron chi connectivity index (χ4n) is 5.73. The van der Waals surface area contributed by atoms with Gasteiger partial charge in [0.1, 0.15) is 0 Å². The fourth-order valence-corrected chi connectivity index (χ4v) is 5.73. The monoisotopic (exact) mass is 518 g/mol. The first-order valence-electron chi connectivity index (χ1n) is 18.9. The molecule has 0 heteroatoms. The third-order valence-electron chi connectivity index (χ3n) is 7.45. The van der Waals surface area contributed by atoms with Crippen LogP contribution in [-0.2, 0) is 0 Å². The van der Waals surface area contributed by atoms with Crippen molar-refractivity contribution in [1.29, 1.82) is 0 Å². The molecule has 0 unspecified atom stereocenters. The normalized spacial score (nSPS) is 15.7. The summed E-state index contributed by atoms with van der Waals surface area (Å²) in [5, 5.41) is 3.66. The number of hydrogen-bond donors (Lipinski definition) is 0. The van der Waals surface area contributed by atoms with E-state index in [2.05, 4.69) is 6.07 Å². The highest BCUT2D eigenvalue weighted by atomic mass is 14.2. The molecule has 0 aliphatic heterocycles. The molecule has 0 amide bonds. The summed E-state index contributed by atoms with van der Waals surface area (Å²) in [6, 6.07) is 20.3. The van der Waals surface area contributed by atoms with Gasteiger partial charge in [0.15, 0.2) is 0 Å². The lowest BCUT2D eigenvalue weighted by Gasteiger charge is -2.19. The Morgan fingerprint density at radius 2 is 0.975 bits per heavy atom. The third-order valence-corrected chi connectivity index (χ3v) is 7.45. The Kier molecular flexibility index (Phi) is 3.17. The van der Waals surface area contributed by atoms with Crippen LogP contribution in [0.1, 0.15) is 16.4 Å². The molecule has 0 bridgehead atoms. The van der Waals surface area contributed by atoms with Crippen molar-refractivity contribution in [2.45, 2.75) is 0 Å². The standard InChI is InChI=1S/C40H26/c1-2-13-28(14-3-1)39-35-16-6-8-18-37(35)40(38-19-9-7-17-36(38)39)34-23-11-21-32-31(20-10-22-33(32)34)30-25-24-27-12-4-5-15-29(27)26-30/h1-26H/i1D,2D,3D,6D,7D,8D,9D,13D,14D,16D,17D,18D. The number of hydrogen-bond acceptors (Lipinski definition) is 0. The summed E-state index contributed by atoms with van der Waals surface area (Å²) in [7, 11) is 0. The fraction of sp³-hybridized carbons (Fsp3) is 0. The topological polar surface area (TPSA) is 0 Å². The Morgan fingerprint density at radius 1 is 0.350 bits per heavy atom. The molecule has 0 aliphatic rings. The average Bonchev–Trinajstić information content (AvgIpc) is 3.15. The summed E-state index contributed by atoms with van der Waals surface area (Å²) in [6.07, 6.45) is 0. The maximum absolute atomic E-state index is 9.27. The van der Waals surface area contributed by atoms with Gasteiger partial charge in [-0.2, -0.15) is 0 Å². The molecule has 0 spiro atoms. The van der Waals surface area contributed by atoms with Gasteiger partial charge in [0, 0.05) is 0 Å². The SMILES string of the molecule is [2H]c1cc2c(-c3cccc4c(-c5ccc6ccccc6c5)cccc34)c3c([2H])c([2H])c([2H])c([2H])c3c(-c3c([2H])c([2H])c([2H])c([2H])c3[2H])c2c([2H])c1[2H]. The van der Waals surface area contributed by atoms with Crippen LogP contribution in [0.15, 0.2) is 157 Å². The highest BCUT2D eigenvalue weighted by Crippen LogP contribution is 2.46. The molecule has 186 valence electrons. The zero-order valence-electron chi connectivity index (χ0n) is 33.1. The summed E-state index contributed by atoms with van der Waals surface area (Å²) in [5.74, 6) is 0. The lowest BCUT2D eigenvalue weighted by Crippen LogP contribution is -1.92. The van der Waals surface area contributed by atoms with Gasteiger partial charge < -0.3 is 0 Å². The van der Waals surface area contributed by atoms with Crippen molar-refractivity contribution in [2.24, 2.45) is 0 Å². The highest BCUT2D eigenvalue weighted by Gasteiger charge is 2.18. The van der Waals surface area contributed by atoms with E-state index in [1.54, 1.807) is 6.07 Å². The maximum atomic E-state index is 9.27. The van der Waals surface area contributed by atoms with Crippen LogP contribution < -0.4 is 0 Å². The van der Waals surface area contributed by atoms with Crippen LogP contribution in [-0.4, -0.2) is 0 Å².